The van der Waals surface area contributed by atoms with Crippen molar-refractivity contribution < 1.29 is 9.47 Å². The summed E-state index contributed by atoms with van der Waals surface area (Å²) < 4.78 is 10.8. The van der Waals surface area contributed by atoms with E-state index in [4.69, 9.17) is 14.6 Å². The third kappa shape index (κ3) is 7.96. The molecular formula is C47H39N3O2. The van der Waals surface area contributed by atoms with Gasteiger partial charge in [0.25, 0.3) is 0 Å². The summed E-state index contributed by atoms with van der Waals surface area (Å²) in [7, 11) is 3.37. The fraction of sp³-hybridized carbons (Fsp3) is 0.0426. The number of ether oxygens (including phenoxy) is 2. The van der Waals surface area contributed by atoms with E-state index in [1.165, 1.54) is 0 Å². The van der Waals surface area contributed by atoms with Gasteiger partial charge in [-0.1, -0.05) is 103 Å². The van der Waals surface area contributed by atoms with Gasteiger partial charge in [0.15, 0.2) is 0 Å². The van der Waals surface area contributed by atoms with E-state index in [2.05, 4.69) is 132 Å². The quantitative estimate of drug-likeness (QED) is 0.0733. The summed E-state index contributed by atoms with van der Waals surface area (Å²) in [6.07, 6.45) is 4.13. The van der Waals surface area contributed by atoms with Gasteiger partial charge in [0.05, 0.1) is 31.8 Å². The first kappa shape index (κ1) is 33.6. The number of nitrogens with zero attached hydrogens (tertiary/aromatic N) is 3. The maximum atomic E-state index is 5.42. The predicted octanol–water partition coefficient (Wildman–Crippen LogP) is 11.9. The zero-order valence-electron chi connectivity index (χ0n) is 29.2. The van der Waals surface area contributed by atoms with Gasteiger partial charge in [-0.2, -0.15) is 5.10 Å². The van der Waals surface area contributed by atoms with Gasteiger partial charge in [-0.05, 0) is 119 Å². The molecule has 0 amide bonds. The first-order valence-electron chi connectivity index (χ1n) is 17.2. The third-order valence-electron chi connectivity index (χ3n) is 8.75. The van der Waals surface area contributed by atoms with Crippen molar-refractivity contribution in [2.45, 2.75) is 0 Å². The Morgan fingerprint density at radius 3 is 1.23 bits per heavy atom. The molecule has 0 spiro atoms. The molecule has 0 fully saturated rings. The largest absolute Gasteiger partial charge is 0.497 e. The van der Waals surface area contributed by atoms with Crippen molar-refractivity contribution in [2.24, 2.45) is 5.10 Å². The molecule has 0 heterocycles. The van der Waals surface area contributed by atoms with Gasteiger partial charge >= 0.3 is 0 Å². The normalized spacial score (nSPS) is 10.8. The average molecular weight is 678 g/mol. The molecule has 0 atom stereocenters. The van der Waals surface area contributed by atoms with Crippen LogP contribution in [-0.4, -0.2) is 20.4 Å². The second-order valence-corrected chi connectivity index (χ2v) is 12.1. The van der Waals surface area contributed by atoms with Gasteiger partial charge in [0, 0.05) is 17.1 Å². The molecule has 0 N–H and O–H groups in total. The van der Waals surface area contributed by atoms with Crippen molar-refractivity contribution in [3.05, 3.63) is 210 Å². The number of hydrazone groups is 1. The molecule has 0 saturated carbocycles. The molecule has 5 nitrogen and oxygen atoms in total. The van der Waals surface area contributed by atoms with Crippen LogP contribution in [0.15, 0.2) is 193 Å². The summed E-state index contributed by atoms with van der Waals surface area (Å²) in [5, 5.41) is 6.85. The number of methoxy groups -OCH3 is 2. The van der Waals surface area contributed by atoms with Gasteiger partial charge in [0.2, 0.25) is 0 Å². The zero-order valence-corrected chi connectivity index (χ0v) is 29.2. The van der Waals surface area contributed by atoms with E-state index in [9.17, 15) is 0 Å². The van der Waals surface area contributed by atoms with Crippen LogP contribution in [0.3, 0.4) is 0 Å². The van der Waals surface area contributed by atoms with Crippen LogP contribution in [0.4, 0.5) is 28.4 Å². The van der Waals surface area contributed by atoms with Crippen LogP contribution < -0.4 is 19.4 Å². The van der Waals surface area contributed by atoms with Crippen molar-refractivity contribution in [1.29, 1.82) is 0 Å². The number of anilines is 5. The summed E-state index contributed by atoms with van der Waals surface area (Å²) in [6, 6.07) is 64.3. The standard InChI is InChI=1S/C47H39N3O2/c1-51-45-30-22-38(23-31-45)47(39-24-32-46(52-2)33-25-39)34-36-18-26-41(27-19-36)49(40-12-6-3-7-13-40)42-28-20-37(21-29-42)35-48-50(43-14-8-4-9-15-43)44-16-10-5-11-17-44/h3-35H,1-2H3/b48-35+. The molecule has 0 saturated heterocycles. The predicted molar refractivity (Wildman–Crippen MR) is 217 cm³/mol. The van der Waals surface area contributed by atoms with Gasteiger partial charge in [0.1, 0.15) is 11.5 Å². The van der Waals surface area contributed by atoms with E-state index in [1.54, 1.807) is 14.2 Å². The van der Waals surface area contributed by atoms with E-state index in [0.29, 0.717) is 0 Å². The Labute approximate surface area is 306 Å². The van der Waals surface area contributed by atoms with Crippen LogP contribution in [0.1, 0.15) is 22.3 Å². The molecule has 7 rings (SSSR count). The fourth-order valence-corrected chi connectivity index (χ4v) is 6.04. The molecule has 5 heteroatoms. The minimum Gasteiger partial charge on any atom is -0.497 e. The van der Waals surface area contributed by atoms with E-state index < -0.39 is 0 Å². The molecule has 254 valence electrons. The maximum Gasteiger partial charge on any atom is 0.118 e. The summed E-state index contributed by atoms with van der Waals surface area (Å²) in [6.45, 7) is 0. The number of para-hydroxylation sites is 3. The SMILES string of the molecule is COc1ccc(C(=Cc2ccc(N(c3ccccc3)c3ccc(/C=N/N(c4ccccc4)c4ccccc4)cc3)cc2)c2ccc(OC)cc2)cc1. The van der Waals surface area contributed by atoms with Gasteiger partial charge in [-0.15, -0.1) is 0 Å². The Hall–Kier alpha value is -6.85. The lowest BCUT2D eigenvalue weighted by Gasteiger charge is -2.25. The summed E-state index contributed by atoms with van der Waals surface area (Å²) in [5.41, 5.74) is 10.6. The molecule has 0 unspecified atom stereocenters. The van der Waals surface area contributed by atoms with Crippen molar-refractivity contribution in [3.63, 3.8) is 0 Å². The maximum absolute atomic E-state index is 5.42. The second-order valence-electron chi connectivity index (χ2n) is 12.1. The minimum absolute atomic E-state index is 0.824. The highest BCUT2D eigenvalue weighted by atomic mass is 16.5. The highest BCUT2D eigenvalue weighted by Gasteiger charge is 2.13. The summed E-state index contributed by atoms with van der Waals surface area (Å²) in [5.74, 6) is 1.65. The van der Waals surface area contributed by atoms with Gasteiger partial charge in [-0.25, -0.2) is 5.01 Å². The highest BCUT2D eigenvalue weighted by Crippen LogP contribution is 2.36. The van der Waals surface area contributed by atoms with Gasteiger partial charge in [-0.3, -0.25) is 0 Å². The molecule has 0 aliphatic rings. The van der Waals surface area contributed by atoms with Crippen LogP contribution in [0.2, 0.25) is 0 Å². The van der Waals surface area contributed by atoms with Crippen LogP contribution in [0.5, 0.6) is 11.5 Å². The third-order valence-corrected chi connectivity index (χ3v) is 8.75. The number of benzene rings is 7. The Bertz CT molecular complexity index is 2130. The van der Waals surface area contributed by atoms with E-state index >= 15 is 0 Å². The Morgan fingerprint density at radius 1 is 0.423 bits per heavy atom. The Morgan fingerprint density at radius 2 is 0.808 bits per heavy atom. The molecule has 0 bridgehead atoms. The van der Waals surface area contributed by atoms with Crippen molar-refractivity contribution >= 4 is 46.3 Å². The lowest BCUT2D eigenvalue weighted by Crippen LogP contribution is -2.10. The smallest absolute Gasteiger partial charge is 0.118 e. The lowest BCUT2D eigenvalue weighted by atomic mass is 9.95. The first-order chi connectivity index (χ1) is 25.7. The van der Waals surface area contributed by atoms with E-state index in [0.717, 1.165) is 67.8 Å². The molecule has 0 aliphatic carbocycles. The first-order valence-corrected chi connectivity index (χ1v) is 17.2. The summed E-state index contributed by atoms with van der Waals surface area (Å²) >= 11 is 0. The van der Waals surface area contributed by atoms with Crippen LogP contribution in [0.25, 0.3) is 11.6 Å². The molecule has 7 aromatic rings. The molecule has 0 aromatic heterocycles. The monoisotopic (exact) mass is 677 g/mol. The number of rotatable bonds is 12. The molecule has 7 aromatic carbocycles. The average Bonchev–Trinajstić information content (AvgIpc) is 3.22. The molecular weight excluding hydrogens is 639 g/mol. The lowest BCUT2D eigenvalue weighted by molar-refractivity contribution is 0.414. The van der Waals surface area contributed by atoms with Crippen molar-refractivity contribution in [3.8, 4) is 11.5 Å². The molecule has 52 heavy (non-hydrogen) atoms. The summed E-state index contributed by atoms with van der Waals surface area (Å²) in [4.78, 5) is 2.27. The van der Waals surface area contributed by atoms with Crippen LogP contribution >= 0.6 is 0 Å². The number of hydrogen-bond donors (Lipinski definition) is 0. The zero-order chi connectivity index (χ0) is 35.5. The topological polar surface area (TPSA) is 37.3 Å². The van der Waals surface area contributed by atoms with Crippen molar-refractivity contribution in [1.82, 2.24) is 0 Å². The Balaban J connectivity index is 1.19. The molecule has 0 radical (unpaired) electrons. The van der Waals surface area contributed by atoms with E-state index in [1.807, 2.05) is 78.0 Å². The highest BCUT2D eigenvalue weighted by molar-refractivity contribution is 5.92. The second kappa shape index (κ2) is 16.2. The van der Waals surface area contributed by atoms with Crippen LogP contribution in [-0.2, 0) is 0 Å². The Kier molecular flexibility index (Phi) is 10.5. The van der Waals surface area contributed by atoms with Gasteiger partial charge < -0.3 is 14.4 Å². The number of hydrogen-bond acceptors (Lipinski definition) is 5. The van der Waals surface area contributed by atoms with Crippen LogP contribution in [0, 0.1) is 0 Å². The molecule has 0 aliphatic heterocycles. The minimum atomic E-state index is 0.824. The van der Waals surface area contributed by atoms with E-state index in [-0.39, 0.29) is 0 Å². The van der Waals surface area contributed by atoms with Crippen molar-refractivity contribution in [2.75, 3.05) is 24.1 Å². The fourth-order valence-electron chi connectivity index (χ4n) is 6.04.